The maximum absolute atomic E-state index is 11.9. The van der Waals surface area contributed by atoms with Gasteiger partial charge in [0.15, 0.2) is 0 Å². The van der Waals surface area contributed by atoms with Gasteiger partial charge in [-0.3, -0.25) is 4.79 Å². The van der Waals surface area contributed by atoms with E-state index in [9.17, 15) is 9.90 Å². The monoisotopic (exact) mass is 300 g/mol. The van der Waals surface area contributed by atoms with Crippen molar-refractivity contribution in [2.45, 2.75) is 32.2 Å². The van der Waals surface area contributed by atoms with Crippen LogP contribution >= 0.6 is 15.9 Å². The third-order valence-corrected chi connectivity index (χ3v) is 2.99. The number of nitrogens with one attached hydrogen (secondary N) is 1. The number of carbonyl (C=O) groups excluding carboxylic acids is 1. The molecule has 0 spiro atoms. The van der Waals surface area contributed by atoms with Gasteiger partial charge in [0.1, 0.15) is 5.75 Å². The predicted octanol–water partition coefficient (Wildman–Crippen LogP) is 2.61. The Labute approximate surface area is 109 Å². The molecule has 1 aromatic carbocycles. The molecule has 1 amide bonds. The molecular weight excluding hydrogens is 284 g/mol. The second kappa shape index (κ2) is 5.51. The second-order valence-corrected chi connectivity index (χ2v) is 5.20. The smallest absolute Gasteiger partial charge is 0.244 e. The van der Waals surface area contributed by atoms with Crippen LogP contribution in [0.1, 0.15) is 26.7 Å². The maximum atomic E-state index is 11.9. The van der Waals surface area contributed by atoms with Gasteiger partial charge in [-0.2, -0.15) is 0 Å². The third-order valence-electron chi connectivity index (χ3n) is 2.49. The third kappa shape index (κ3) is 3.71. The molecule has 4 N–H and O–H groups in total. The van der Waals surface area contributed by atoms with Crippen molar-refractivity contribution in [2.24, 2.45) is 5.73 Å². The Morgan fingerprint density at radius 2 is 2.24 bits per heavy atom. The van der Waals surface area contributed by atoms with Crippen LogP contribution in [0.25, 0.3) is 0 Å². The van der Waals surface area contributed by atoms with Crippen molar-refractivity contribution in [1.82, 2.24) is 0 Å². The molecule has 0 heterocycles. The van der Waals surface area contributed by atoms with Gasteiger partial charge in [0.2, 0.25) is 5.91 Å². The van der Waals surface area contributed by atoms with Crippen LogP contribution in [-0.2, 0) is 4.79 Å². The number of halogens is 1. The van der Waals surface area contributed by atoms with E-state index in [1.165, 1.54) is 6.07 Å². The summed E-state index contributed by atoms with van der Waals surface area (Å²) in [6, 6.07) is 4.83. The number of benzene rings is 1. The highest BCUT2D eigenvalue weighted by atomic mass is 79.9. The van der Waals surface area contributed by atoms with Gasteiger partial charge in [-0.05, 0) is 31.5 Å². The van der Waals surface area contributed by atoms with E-state index in [1.807, 2.05) is 6.92 Å². The molecule has 0 aliphatic rings. The second-order valence-electron chi connectivity index (χ2n) is 4.28. The first-order valence-electron chi connectivity index (χ1n) is 5.45. The first-order valence-corrected chi connectivity index (χ1v) is 6.25. The van der Waals surface area contributed by atoms with Gasteiger partial charge in [0, 0.05) is 4.47 Å². The number of nitrogens with two attached hydrogens (primary N) is 1. The first kappa shape index (κ1) is 14.0. The molecule has 17 heavy (non-hydrogen) atoms. The predicted molar refractivity (Wildman–Crippen MR) is 71.9 cm³/mol. The fourth-order valence-electron chi connectivity index (χ4n) is 1.51. The minimum absolute atomic E-state index is 0.0221. The molecule has 0 radical (unpaired) electrons. The summed E-state index contributed by atoms with van der Waals surface area (Å²) in [5.41, 5.74) is 5.33. The minimum Gasteiger partial charge on any atom is -0.506 e. The molecular formula is C12H17BrN2O2. The summed E-state index contributed by atoms with van der Waals surface area (Å²) in [6.45, 7) is 3.65. The van der Waals surface area contributed by atoms with E-state index in [2.05, 4.69) is 21.2 Å². The van der Waals surface area contributed by atoms with Crippen LogP contribution in [0, 0.1) is 0 Å². The van der Waals surface area contributed by atoms with Crippen molar-refractivity contribution in [3.63, 3.8) is 0 Å². The zero-order valence-electron chi connectivity index (χ0n) is 9.96. The Balaban J connectivity index is 2.84. The van der Waals surface area contributed by atoms with Gasteiger partial charge < -0.3 is 16.2 Å². The fourth-order valence-corrected chi connectivity index (χ4v) is 1.87. The minimum atomic E-state index is -0.927. The largest absolute Gasteiger partial charge is 0.506 e. The summed E-state index contributed by atoms with van der Waals surface area (Å²) in [5, 5.41) is 12.2. The lowest BCUT2D eigenvalue weighted by molar-refractivity contribution is -0.120. The average Bonchev–Trinajstić information content (AvgIpc) is 2.23. The molecule has 1 aromatic rings. The molecule has 1 atom stereocenters. The first-order chi connectivity index (χ1) is 7.86. The van der Waals surface area contributed by atoms with E-state index in [1.54, 1.807) is 19.1 Å². The van der Waals surface area contributed by atoms with Gasteiger partial charge in [-0.25, -0.2) is 0 Å². The Kier molecular flexibility index (Phi) is 4.54. The van der Waals surface area contributed by atoms with Crippen LogP contribution in [0.3, 0.4) is 0 Å². The molecule has 0 saturated heterocycles. The Hall–Kier alpha value is -1.07. The molecule has 4 nitrogen and oxygen atoms in total. The molecule has 0 aliphatic heterocycles. The molecule has 0 bridgehead atoms. The van der Waals surface area contributed by atoms with Gasteiger partial charge >= 0.3 is 0 Å². The molecule has 0 saturated carbocycles. The van der Waals surface area contributed by atoms with Crippen molar-refractivity contribution >= 4 is 27.5 Å². The maximum Gasteiger partial charge on any atom is 0.244 e. The lowest BCUT2D eigenvalue weighted by atomic mass is 9.96. The Bertz CT molecular complexity index is 419. The summed E-state index contributed by atoms with van der Waals surface area (Å²) in [6.07, 6.45) is 1.42. The van der Waals surface area contributed by atoms with Crippen LogP contribution in [0.15, 0.2) is 22.7 Å². The molecule has 94 valence electrons. The average molecular weight is 301 g/mol. The van der Waals surface area contributed by atoms with E-state index in [0.29, 0.717) is 12.1 Å². The lowest BCUT2D eigenvalue weighted by Crippen LogP contribution is -2.48. The topological polar surface area (TPSA) is 75.4 Å². The number of rotatable bonds is 4. The summed E-state index contributed by atoms with van der Waals surface area (Å²) in [5.74, 6) is -0.276. The van der Waals surface area contributed by atoms with Crippen LogP contribution in [0.2, 0.25) is 0 Å². The van der Waals surface area contributed by atoms with Crippen molar-refractivity contribution in [2.75, 3.05) is 5.32 Å². The van der Waals surface area contributed by atoms with Crippen LogP contribution in [-0.4, -0.2) is 16.6 Å². The normalized spacial score (nSPS) is 14.1. The number of hydrogen-bond donors (Lipinski definition) is 3. The van der Waals surface area contributed by atoms with Gasteiger partial charge in [-0.15, -0.1) is 0 Å². The van der Waals surface area contributed by atoms with E-state index < -0.39 is 5.54 Å². The zero-order chi connectivity index (χ0) is 13.1. The van der Waals surface area contributed by atoms with Gasteiger partial charge in [0.05, 0.1) is 11.2 Å². The van der Waals surface area contributed by atoms with Gasteiger partial charge in [0.25, 0.3) is 0 Å². The highest BCUT2D eigenvalue weighted by Gasteiger charge is 2.27. The van der Waals surface area contributed by atoms with E-state index in [4.69, 9.17) is 5.73 Å². The summed E-state index contributed by atoms with van der Waals surface area (Å²) >= 11 is 3.27. The van der Waals surface area contributed by atoms with E-state index in [0.717, 1.165) is 10.9 Å². The summed E-state index contributed by atoms with van der Waals surface area (Å²) in [4.78, 5) is 11.9. The number of amides is 1. The quantitative estimate of drug-likeness (QED) is 0.748. The molecule has 0 aliphatic carbocycles. The van der Waals surface area contributed by atoms with Crippen molar-refractivity contribution in [3.05, 3.63) is 22.7 Å². The fraction of sp³-hybridized carbons (Fsp3) is 0.417. The standard InChI is InChI=1S/C12H17BrN2O2/c1-3-6-12(2,14)11(17)15-9-7-8(13)4-5-10(9)16/h4-5,7,16H,3,6,14H2,1-2H3,(H,15,17). The number of aromatic hydroxyl groups is 1. The Morgan fingerprint density at radius 3 is 2.82 bits per heavy atom. The number of phenolic OH excluding ortho intramolecular Hbond substituents is 1. The SMILES string of the molecule is CCCC(C)(N)C(=O)Nc1cc(Br)ccc1O. The van der Waals surface area contributed by atoms with Crippen molar-refractivity contribution < 1.29 is 9.90 Å². The summed E-state index contributed by atoms with van der Waals surface area (Å²) < 4.78 is 0.778. The van der Waals surface area contributed by atoms with E-state index >= 15 is 0 Å². The molecule has 1 rings (SSSR count). The highest BCUT2D eigenvalue weighted by Crippen LogP contribution is 2.27. The van der Waals surface area contributed by atoms with Gasteiger partial charge in [-0.1, -0.05) is 29.3 Å². The molecule has 0 fully saturated rings. The van der Waals surface area contributed by atoms with Crippen molar-refractivity contribution in [3.8, 4) is 5.75 Å². The number of hydrogen-bond acceptors (Lipinski definition) is 3. The van der Waals surface area contributed by atoms with Crippen LogP contribution < -0.4 is 11.1 Å². The highest BCUT2D eigenvalue weighted by molar-refractivity contribution is 9.10. The van der Waals surface area contributed by atoms with Crippen molar-refractivity contribution in [1.29, 1.82) is 0 Å². The summed E-state index contributed by atoms with van der Waals surface area (Å²) in [7, 11) is 0. The van der Waals surface area contributed by atoms with Crippen LogP contribution in [0.5, 0.6) is 5.75 Å². The molecule has 5 heteroatoms. The van der Waals surface area contributed by atoms with Crippen LogP contribution in [0.4, 0.5) is 5.69 Å². The lowest BCUT2D eigenvalue weighted by Gasteiger charge is -2.23. The zero-order valence-corrected chi connectivity index (χ0v) is 11.5. The number of anilines is 1. The number of carbonyl (C=O) groups is 1. The van der Waals surface area contributed by atoms with E-state index in [-0.39, 0.29) is 11.7 Å². The number of phenols is 1. The molecule has 1 unspecified atom stereocenters. The Morgan fingerprint density at radius 1 is 1.59 bits per heavy atom. The molecule has 0 aromatic heterocycles.